The van der Waals surface area contributed by atoms with Gasteiger partial charge < -0.3 is 9.73 Å². The van der Waals surface area contributed by atoms with Gasteiger partial charge in [-0.15, -0.1) is 21.5 Å². The number of carbonyl (C=O) groups excluding carboxylic acids is 1. The minimum atomic E-state index is -0.0883. The highest BCUT2D eigenvalue weighted by atomic mass is 32.2. The molecule has 0 saturated carbocycles. The Morgan fingerprint density at radius 2 is 2.22 bits per heavy atom. The number of aromatic nitrogens is 2. The molecule has 1 aliphatic rings. The molecule has 27 heavy (non-hydrogen) atoms. The molecule has 0 radical (unpaired) electrons. The van der Waals surface area contributed by atoms with Crippen molar-refractivity contribution >= 4 is 34.7 Å². The minimum absolute atomic E-state index is 0.0883. The highest BCUT2D eigenvalue weighted by molar-refractivity contribution is 7.99. The van der Waals surface area contributed by atoms with Gasteiger partial charge in [0.05, 0.1) is 10.6 Å². The fourth-order valence-corrected chi connectivity index (χ4v) is 4.90. The predicted molar refractivity (Wildman–Crippen MR) is 109 cm³/mol. The molecule has 0 fully saturated rings. The summed E-state index contributed by atoms with van der Waals surface area (Å²) in [5, 5.41) is 11.6. The maximum Gasteiger partial charge on any atom is 0.277 e. The standard InChI is InChI=1S/C20H21N3O2S2/c1-12-7-8-16-14(9-12)10-17(27-16)19-22-23-20(25-19)26-11-18(24)21-15-6-4-3-5-13(15)2/h3-6,10,12H,7-9,11H2,1-2H3,(H,21,24)/t12-/m0/s1. The monoisotopic (exact) mass is 399 g/mol. The number of thiophene rings is 1. The summed E-state index contributed by atoms with van der Waals surface area (Å²) in [7, 11) is 0. The number of nitrogens with zero attached hydrogens (tertiary/aromatic N) is 2. The van der Waals surface area contributed by atoms with Crippen molar-refractivity contribution in [2.24, 2.45) is 5.92 Å². The summed E-state index contributed by atoms with van der Waals surface area (Å²) >= 11 is 3.00. The van der Waals surface area contributed by atoms with Crippen molar-refractivity contribution in [3.05, 3.63) is 46.3 Å². The van der Waals surface area contributed by atoms with Crippen molar-refractivity contribution in [1.29, 1.82) is 0 Å². The van der Waals surface area contributed by atoms with Gasteiger partial charge in [-0.3, -0.25) is 4.79 Å². The third kappa shape index (κ3) is 4.25. The summed E-state index contributed by atoms with van der Waals surface area (Å²) in [6.45, 7) is 4.26. The van der Waals surface area contributed by atoms with Crippen molar-refractivity contribution in [1.82, 2.24) is 10.2 Å². The Bertz CT molecular complexity index is 964. The number of anilines is 1. The zero-order chi connectivity index (χ0) is 18.8. The van der Waals surface area contributed by atoms with Crippen LogP contribution in [0, 0.1) is 12.8 Å². The number of thioether (sulfide) groups is 1. The van der Waals surface area contributed by atoms with Gasteiger partial charge in [0, 0.05) is 10.6 Å². The smallest absolute Gasteiger partial charge is 0.277 e. The number of rotatable bonds is 5. The quantitative estimate of drug-likeness (QED) is 0.614. The van der Waals surface area contributed by atoms with Gasteiger partial charge in [0.15, 0.2) is 0 Å². The Balaban J connectivity index is 1.37. The van der Waals surface area contributed by atoms with E-state index in [1.165, 1.54) is 28.6 Å². The van der Waals surface area contributed by atoms with Crippen LogP contribution in [0.5, 0.6) is 0 Å². The van der Waals surface area contributed by atoms with Gasteiger partial charge in [-0.05, 0) is 55.4 Å². The van der Waals surface area contributed by atoms with Crippen LogP contribution in [0.3, 0.4) is 0 Å². The van der Waals surface area contributed by atoms with E-state index in [9.17, 15) is 4.79 Å². The van der Waals surface area contributed by atoms with Gasteiger partial charge in [-0.25, -0.2) is 0 Å². The topological polar surface area (TPSA) is 68.0 Å². The summed E-state index contributed by atoms with van der Waals surface area (Å²) in [6.07, 6.45) is 3.50. The van der Waals surface area contributed by atoms with E-state index < -0.39 is 0 Å². The summed E-state index contributed by atoms with van der Waals surface area (Å²) in [4.78, 5) is 14.6. The molecule has 0 aliphatic heterocycles. The van der Waals surface area contributed by atoms with E-state index in [2.05, 4.69) is 28.5 Å². The molecule has 1 N–H and O–H groups in total. The average Bonchev–Trinajstić information content (AvgIpc) is 3.28. The number of benzene rings is 1. The molecule has 3 aromatic rings. The van der Waals surface area contributed by atoms with Crippen molar-refractivity contribution in [2.45, 2.75) is 38.3 Å². The zero-order valence-electron chi connectivity index (χ0n) is 15.3. The third-order valence-corrected chi connectivity index (χ3v) is 6.74. The molecule has 1 aromatic carbocycles. The fourth-order valence-electron chi connectivity index (χ4n) is 3.21. The molecule has 7 heteroatoms. The van der Waals surface area contributed by atoms with Crippen LogP contribution in [0.4, 0.5) is 5.69 Å². The Kier molecular flexibility index (Phi) is 5.31. The van der Waals surface area contributed by atoms with Crippen molar-refractivity contribution in [3.8, 4) is 10.8 Å². The van der Waals surface area contributed by atoms with E-state index in [4.69, 9.17) is 4.42 Å². The summed E-state index contributed by atoms with van der Waals surface area (Å²) in [5.41, 5.74) is 3.28. The molecule has 4 rings (SSSR count). The highest BCUT2D eigenvalue weighted by Gasteiger charge is 2.21. The van der Waals surface area contributed by atoms with Crippen LogP contribution in [0.15, 0.2) is 40.0 Å². The molecule has 140 valence electrons. The van der Waals surface area contributed by atoms with E-state index in [0.717, 1.165) is 34.9 Å². The number of para-hydroxylation sites is 1. The second kappa shape index (κ2) is 7.86. The first kappa shape index (κ1) is 18.3. The second-order valence-corrected chi connectivity index (χ2v) is 9.00. The maximum absolute atomic E-state index is 12.2. The normalized spacial score (nSPS) is 16.1. The molecular weight excluding hydrogens is 378 g/mol. The lowest BCUT2D eigenvalue weighted by Crippen LogP contribution is -2.14. The molecule has 2 heterocycles. The van der Waals surface area contributed by atoms with Gasteiger partial charge in [0.25, 0.3) is 11.1 Å². The van der Waals surface area contributed by atoms with Crippen LogP contribution in [0.25, 0.3) is 10.8 Å². The molecular formula is C20H21N3O2S2. The van der Waals surface area contributed by atoms with Crippen LogP contribution >= 0.6 is 23.1 Å². The molecule has 0 unspecified atom stereocenters. The number of fused-ring (bicyclic) bond motifs is 1. The van der Waals surface area contributed by atoms with E-state index in [1.54, 1.807) is 11.3 Å². The highest BCUT2D eigenvalue weighted by Crippen LogP contribution is 2.37. The molecule has 1 atom stereocenters. The van der Waals surface area contributed by atoms with E-state index in [-0.39, 0.29) is 11.7 Å². The van der Waals surface area contributed by atoms with Crippen LogP contribution < -0.4 is 5.32 Å². The Labute approximate surface area is 166 Å². The van der Waals surface area contributed by atoms with Gasteiger partial charge in [-0.1, -0.05) is 36.9 Å². The van der Waals surface area contributed by atoms with Crippen LogP contribution in [-0.4, -0.2) is 21.9 Å². The molecule has 0 bridgehead atoms. The summed E-state index contributed by atoms with van der Waals surface area (Å²) in [5.74, 6) is 1.42. The molecule has 1 aliphatic carbocycles. The van der Waals surface area contributed by atoms with E-state index >= 15 is 0 Å². The van der Waals surface area contributed by atoms with E-state index in [0.29, 0.717) is 11.1 Å². The molecule has 5 nitrogen and oxygen atoms in total. The van der Waals surface area contributed by atoms with Crippen LogP contribution in [-0.2, 0) is 17.6 Å². The van der Waals surface area contributed by atoms with Gasteiger partial charge in [-0.2, -0.15) is 0 Å². The second-order valence-electron chi connectivity index (χ2n) is 6.93. The Hall–Kier alpha value is -2.12. The summed E-state index contributed by atoms with van der Waals surface area (Å²) in [6, 6.07) is 9.89. The van der Waals surface area contributed by atoms with E-state index in [1.807, 2.05) is 31.2 Å². The van der Waals surface area contributed by atoms with Gasteiger partial charge >= 0.3 is 0 Å². The lowest BCUT2D eigenvalue weighted by Gasteiger charge is -2.16. The molecule has 2 aromatic heterocycles. The predicted octanol–water partition coefficient (Wildman–Crippen LogP) is 4.96. The maximum atomic E-state index is 12.2. The first-order valence-corrected chi connectivity index (χ1v) is 10.8. The average molecular weight is 400 g/mol. The molecule has 1 amide bonds. The zero-order valence-corrected chi connectivity index (χ0v) is 17.0. The van der Waals surface area contributed by atoms with Crippen LogP contribution in [0.1, 0.15) is 29.3 Å². The largest absolute Gasteiger partial charge is 0.410 e. The number of carbonyl (C=O) groups is 1. The molecule has 0 spiro atoms. The van der Waals surface area contributed by atoms with Crippen molar-refractivity contribution in [2.75, 3.05) is 11.1 Å². The fraction of sp³-hybridized carbons (Fsp3) is 0.350. The lowest BCUT2D eigenvalue weighted by atomic mass is 9.90. The Morgan fingerprint density at radius 1 is 1.37 bits per heavy atom. The number of aryl methyl sites for hydroxylation is 2. The lowest BCUT2D eigenvalue weighted by molar-refractivity contribution is -0.113. The van der Waals surface area contributed by atoms with Crippen molar-refractivity contribution in [3.63, 3.8) is 0 Å². The number of hydrogen-bond donors (Lipinski definition) is 1. The SMILES string of the molecule is Cc1ccccc1NC(=O)CSc1nnc(-c2cc3c(s2)CC[C@H](C)C3)o1. The number of amides is 1. The minimum Gasteiger partial charge on any atom is -0.410 e. The van der Waals surface area contributed by atoms with Crippen LogP contribution in [0.2, 0.25) is 0 Å². The third-order valence-electron chi connectivity index (χ3n) is 4.69. The van der Waals surface area contributed by atoms with Gasteiger partial charge in [0.1, 0.15) is 0 Å². The first-order chi connectivity index (χ1) is 13.1. The first-order valence-electron chi connectivity index (χ1n) is 9.02. The number of nitrogens with one attached hydrogen (secondary N) is 1. The summed E-state index contributed by atoms with van der Waals surface area (Å²) < 4.78 is 5.77. The Morgan fingerprint density at radius 3 is 3.07 bits per heavy atom. The molecule has 0 saturated heterocycles. The van der Waals surface area contributed by atoms with Gasteiger partial charge in [0.2, 0.25) is 5.91 Å². The number of hydrogen-bond acceptors (Lipinski definition) is 6. The van der Waals surface area contributed by atoms with Crippen molar-refractivity contribution < 1.29 is 9.21 Å².